The number of pyridine rings is 1. The Bertz CT molecular complexity index is 648. The van der Waals surface area contributed by atoms with Gasteiger partial charge in [0, 0.05) is 23.5 Å². The van der Waals surface area contributed by atoms with E-state index in [0.717, 1.165) is 11.3 Å². The van der Waals surface area contributed by atoms with E-state index in [0.29, 0.717) is 22.7 Å². The van der Waals surface area contributed by atoms with Gasteiger partial charge in [0.2, 0.25) is 0 Å². The lowest BCUT2D eigenvalue weighted by molar-refractivity contribution is 0.0467. The summed E-state index contributed by atoms with van der Waals surface area (Å²) < 4.78 is 10.4. The second-order valence-corrected chi connectivity index (χ2v) is 4.85. The van der Waals surface area contributed by atoms with Crippen LogP contribution >= 0.6 is 0 Å². The molecule has 0 radical (unpaired) electrons. The minimum Gasteiger partial charge on any atom is -0.497 e. The molecule has 2 aromatic rings. The topological polar surface area (TPSA) is 74.4 Å². The first-order valence-corrected chi connectivity index (χ1v) is 6.54. The van der Waals surface area contributed by atoms with Crippen molar-refractivity contribution in [1.29, 1.82) is 0 Å². The Balaban J connectivity index is 2.08. The van der Waals surface area contributed by atoms with E-state index in [1.54, 1.807) is 31.4 Å². The van der Waals surface area contributed by atoms with Crippen molar-refractivity contribution < 1.29 is 14.3 Å². The fraction of sp³-hybridized carbons (Fsp3) is 0.250. The predicted molar refractivity (Wildman–Crippen MR) is 80.2 cm³/mol. The fourth-order valence-corrected chi connectivity index (χ4v) is 2.05. The largest absolute Gasteiger partial charge is 0.497 e. The summed E-state index contributed by atoms with van der Waals surface area (Å²) in [6.07, 6.45) is 0. The second kappa shape index (κ2) is 6.26. The van der Waals surface area contributed by atoms with Crippen LogP contribution in [0.5, 0.6) is 5.75 Å². The van der Waals surface area contributed by atoms with E-state index in [1.165, 1.54) is 0 Å². The summed E-state index contributed by atoms with van der Waals surface area (Å²) in [5, 5.41) is 0. The van der Waals surface area contributed by atoms with Crippen LogP contribution in [-0.4, -0.2) is 18.1 Å². The third-order valence-corrected chi connectivity index (χ3v) is 2.90. The van der Waals surface area contributed by atoms with Crippen molar-refractivity contribution in [2.45, 2.75) is 20.5 Å². The minimum atomic E-state index is -0.423. The average molecular weight is 286 g/mol. The second-order valence-electron chi connectivity index (χ2n) is 4.85. The number of hydrogen-bond acceptors (Lipinski definition) is 5. The molecule has 0 saturated carbocycles. The molecule has 0 bridgehead atoms. The molecule has 0 amide bonds. The van der Waals surface area contributed by atoms with Crippen LogP contribution in [0.2, 0.25) is 0 Å². The molecule has 0 fully saturated rings. The van der Waals surface area contributed by atoms with Gasteiger partial charge in [-0.15, -0.1) is 0 Å². The average Bonchev–Trinajstić information content (AvgIpc) is 2.43. The maximum absolute atomic E-state index is 12.0. The summed E-state index contributed by atoms with van der Waals surface area (Å²) >= 11 is 0. The van der Waals surface area contributed by atoms with Crippen molar-refractivity contribution in [2.75, 3.05) is 12.8 Å². The number of nitrogen functional groups attached to an aromatic ring is 1. The van der Waals surface area contributed by atoms with Crippen LogP contribution in [0.4, 0.5) is 5.69 Å². The number of carbonyl (C=O) groups is 1. The van der Waals surface area contributed by atoms with Crippen LogP contribution in [0.1, 0.15) is 27.3 Å². The molecule has 1 aromatic heterocycles. The summed E-state index contributed by atoms with van der Waals surface area (Å²) in [5.74, 6) is 0.265. The summed E-state index contributed by atoms with van der Waals surface area (Å²) in [6, 6.07) is 8.68. The number of hydrogen-bond donors (Lipinski definition) is 1. The van der Waals surface area contributed by atoms with Gasteiger partial charge < -0.3 is 15.2 Å². The summed E-state index contributed by atoms with van der Waals surface area (Å²) in [4.78, 5) is 16.3. The lowest BCUT2D eigenvalue weighted by Gasteiger charge is -2.08. The molecule has 2 rings (SSSR count). The van der Waals surface area contributed by atoms with Crippen LogP contribution in [0.15, 0.2) is 30.3 Å². The SMILES string of the molecule is COc1cc(C)nc(COC(=O)c2cc(C)cc(N)c2)c1. The molecule has 0 unspecified atom stereocenters. The molecule has 0 aliphatic carbocycles. The first-order valence-electron chi connectivity index (χ1n) is 6.54. The molecular formula is C16H18N2O3. The number of aryl methyl sites for hydroxylation is 2. The van der Waals surface area contributed by atoms with Crippen LogP contribution < -0.4 is 10.5 Å². The van der Waals surface area contributed by atoms with E-state index in [2.05, 4.69) is 4.98 Å². The van der Waals surface area contributed by atoms with E-state index >= 15 is 0 Å². The van der Waals surface area contributed by atoms with E-state index in [4.69, 9.17) is 15.2 Å². The van der Waals surface area contributed by atoms with Crippen LogP contribution in [0.25, 0.3) is 0 Å². The molecule has 0 aliphatic heterocycles. The molecule has 0 aliphatic rings. The number of nitrogens with two attached hydrogens (primary N) is 1. The van der Waals surface area contributed by atoms with E-state index < -0.39 is 5.97 Å². The maximum atomic E-state index is 12.0. The third-order valence-electron chi connectivity index (χ3n) is 2.90. The minimum absolute atomic E-state index is 0.0880. The highest BCUT2D eigenvalue weighted by molar-refractivity contribution is 5.90. The van der Waals surface area contributed by atoms with Crippen LogP contribution in [-0.2, 0) is 11.3 Å². The highest BCUT2D eigenvalue weighted by atomic mass is 16.5. The van der Waals surface area contributed by atoms with E-state index in [9.17, 15) is 4.79 Å². The molecule has 5 nitrogen and oxygen atoms in total. The van der Waals surface area contributed by atoms with Crippen molar-refractivity contribution >= 4 is 11.7 Å². The normalized spacial score (nSPS) is 10.2. The molecule has 0 saturated heterocycles. The fourth-order valence-electron chi connectivity index (χ4n) is 2.05. The van der Waals surface area contributed by atoms with Gasteiger partial charge in [-0.25, -0.2) is 4.79 Å². The summed E-state index contributed by atoms with van der Waals surface area (Å²) in [6.45, 7) is 3.82. The van der Waals surface area contributed by atoms with Gasteiger partial charge in [0.1, 0.15) is 12.4 Å². The maximum Gasteiger partial charge on any atom is 0.338 e. The Morgan fingerprint density at radius 2 is 1.95 bits per heavy atom. The molecule has 5 heteroatoms. The third kappa shape index (κ3) is 3.95. The van der Waals surface area contributed by atoms with Crippen molar-refractivity contribution in [3.05, 3.63) is 52.8 Å². The molecule has 110 valence electrons. The van der Waals surface area contributed by atoms with Gasteiger partial charge in [0.15, 0.2) is 0 Å². The first-order chi connectivity index (χ1) is 9.97. The Morgan fingerprint density at radius 1 is 1.19 bits per heavy atom. The van der Waals surface area contributed by atoms with Gasteiger partial charge in [0.25, 0.3) is 0 Å². The van der Waals surface area contributed by atoms with Gasteiger partial charge in [0.05, 0.1) is 18.4 Å². The van der Waals surface area contributed by atoms with Gasteiger partial charge in [-0.2, -0.15) is 0 Å². The summed E-state index contributed by atoms with van der Waals surface area (Å²) in [7, 11) is 1.58. The van der Waals surface area contributed by atoms with E-state index in [1.807, 2.05) is 19.9 Å². The number of benzene rings is 1. The standard InChI is InChI=1S/C16H18N2O3/c1-10-4-12(7-13(17)5-10)16(19)21-9-14-8-15(20-3)6-11(2)18-14/h4-8H,9,17H2,1-3H3. The Morgan fingerprint density at radius 3 is 2.62 bits per heavy atom. The zero-order valence-electron chi connectivity index (χ0n) is 12.3. The number of nitrogens with zero attached hydrogens (tertiary/aromatic N) is 1. The quantitative estimate of drug-likeness (QED) is 0.691. The van der Waals surface area contributed by atoms with Crippen molar-refractivity contribution in [1.82, 2.24) is 4.98 Å². The zero-order chi connectivity index (χ0) is 15.4. The zero-order valence-corrected chi connectivity index (χ0v) is 12.3. The molecule has 1 heterocycles. The molecule has 0 atom stereocenters. The summed E-state index contributed by atoms with van der Waals surface area (Å²) in [5.41, 5.74) is 9.06. The van der Waals surface area contributed by atoms with Crippen LogP contribution in [0, 0.1) is 13.8 Å². The number of rotatable bonds is 4. The molecular weight excluding hydrogens is 268 g/mol. The predicted octanol–water partition coefficient (Wildman–Crippen LogP) is 2.65. The van der Waals surface area contributed by atoms with Gasteiger partial charge in [-0.05, 0) is 37.6 Å². The van der Waals surface area contributed by atoms with Gasteiger partial charge in [-0.1, -0.05) is 0 Å². The molecule has 0 spiro atoms. The van der Waals surface area contributed by atoms with Crippen molar-refractivity contribution in [2.24, 2.45) is 0 Å². The van der Waals surface area contributed by atoms with Crippen molar-refractivity contribution in [3.63, 3.8) is 0 Å². The number of ether oxygens (including phenoxy) is 2. The highest BCUT2D eigenvalue weighted by Gasteiger charge is 2.10. The first kappa shape index (κ1) is 14.8. The lowest BCUT2D eigenvalue weighted by Crippen LogP contribution is -2.07. The van der Waals surface area contributed by atoms with Gasteiger partial charge >= 0.3 is 5.97 Å². The molecule has 21 heavy (non-hydrogen) atoms. The lowest BCUT2D eigenvalue weighted by atomic mass is 10.1. The number of anilines is 1. The number of carbonyl (C=O) groups excluding carboxylic acids is 1. The monoisotopic (exact) mass is 286 g/mol. The number of methoxy groups -OCH3 is 1. The van der Waals surface area contributed by atoms with Crippen molar-refractivity contribution in [3.8, 4) is 5.75 Å². The molecule has 1 aromatic carbocycles. The van der Waals surface area contributed by atoms with Crippen LogP contribution in [0.3, 0.4) is 0 Å². The Labute approximate surface area is 123 Å². The van der Waals surface area contributed by atoms with E-state index in [-0.39, 0.29) is 6.61 Å². The smallest absolute Gasteiger partial charge is 0.338 e. The number of esters is 1. The molecule has 2 N–H and O–H groups in total. The Hall–Kier alpha value is -2.56. The Kier molecular flexibility index (Phi) is 4.42. The highest BCUT2D eigenvalue weighted by Crippen LogP contribution is 2.16. The number of aromatic nitrogens is 1. The van der Waals surface area contributed by atoms with Gasteiger partial charge in [-0.3, -0.25) is 4.98 Å².